The van der Waals surface area contributed by atoms with Crippen molar-refractivity contribution in [2.75, 3.05) is 12.0 Å². The molecule has 1 aliphatic rings. The summed E-state index contributed by atoms with van der Waals surface area (Å²) in [6, 6.07) is 1.48. The van der Waals surface area contributed by atoms with Gasteiger partial charge in [0.1, 0.15) is 0 Å². The van der Waals surface area contributed by atoms with E-state index in [1.165, 1.54) is 25.0 Å². The molecule has 0 radical (unpaired) electrons. The van der Waals surface area contributed by atoms with E-state index in [4.69, 9.17) is 0 Å². The summed E-state index contributed by atoms with van der Waals surface area (Å²) in [4.78, 5) is 0. The molecule has 0 aliphatic heterocycles. The lowest BCUT2D eigenvalue weighted by atomic mass is 10.1. The average Bonchev–Trinajstić information content (AvgIpc) is 2.37. The molecule has 1 rings (SSSR count). The number of thioether (sulfide) groups is 1. The summed E-state index contributed by atoms with van der Waals surface area (Å²) < 4.78 is 0. The highest BCUT2D eigenvalue weighted by atomic mass is 32.2. The molecule has 1 N–H and O–H groups in total. The van der Waals surface area contributed by atoms with Crippen molar-refractivity contribution in [3.05, 3.63) is 0 Å². The monoisotopic (exact) mass is 187 g/mol. The van der Waals surface area contributed by atoms with Crippen molar-refractivity contribution >= 4 is 11.8 Å². The molecule has 0 amide bonds. The highest BCUT2D eigenvalue weighted by molar-refractivity contribution is 7.98. The third kappa shape index (κ3) is 2.98. The van der Waals surface area contributed by atoms with Crippen molar-refractivity contribution in [2.24, 2.45) is 5.92 Å². The molecule has 2 heteroatoms. The summed E-state index contributed by atoms with van der Waals surface area (Å²) in [5.74, 6) is 2.14. The Kier molecular flexibility index (Phi) is 4.44. The fourth-order valence-corrected chi connectivity index (χ4v) is 2.65. The zero-order chi connectivity index (χ0) is 8.97. The van der Waals surface area contributed by atoms with Crippen molar-refractivity contribution in [2.45, 2.75) is 45.2 Å². The van der Waals surface area contributed by atoms with E-state index in [1.54, 1.807) is 0 Å². The Hall–Kier alpha value is 0.310. The lowest BCUT2D eigenvalue weighted by Crippen LogP contribution is -2.39. The zero-order valence-corrected chi connectivity index (χ0v) is 9.29. The highest BCUT2D eigenvalue weighted by Gasteiger charge is 2.23. The Balaban J connectivity index is 2.20. The molecule has 1 aliphatic carbocycles. The number of hydrogen-bond donors (Lipinski definition) is 1. The Morgan fingerprint density at radius 3 is 2.75 bits per heavy atom. The minimum absolute atomic E-state index is 0.686. The van der Waals surface area contributed by atoms with Crippen LogP contribution in [-0.4, -0.2) is 24.1 Å². The van der Waals surface area contributed by atoms with Crippen LogP contribution < -0.4 is 5.32 Å². The van der Waals surface area contributed by atoms with Gasteiger partial charge in [-0.3, -0.25) is 0 Å². The highest BCUT2D eigenvalue weighted by Crippen LogP contribution is 2.25. The van der Waals surface area contributed by atoms with Crippen molar-refractivity contribution in [3.8, 4) is 0 Å². The second kappa shape index (κ2) is 5.13. The largest absolute Gasteiger partial charge is 0.310 e. The molecule has 0 aromatic heterocycles. The SMILES string of the molecule is CSCC(C)NC1CCCC1C. The zero-order valence-electron chi connectivity index (χ0n) is 8.47. The van der Waals surface area contributed by atoms with Crippen LogP contribution in [0.1, 0.15) is 33.1 Å². The fraction of sp³-hybridized carbons (Fsp3) is 1.00. The van der Waals surface area contributed by atoms with Gasteiger partial charge in [-0.15, -0.1) is 0 Å². The van der Waals surface area contributed by atoms with Crippen LogP contribution in [0.3, 0.4) is 0 Å². The molecule has 1 saturated carbocycles. The topological polar surface area (TPSA) is 12.0 Å². The third-order valence-electron chi connectivity index (χ3n) is 2.78. The van der Waals surface area contributed by atoms with Crippen LogP contribution in [0.25, 0.3) is 0 Å². The first-order valence-corrected chi connectivity index (χ1v) is 6.38. The second-order valence-electron chi connectivity index (χ2n) is 4.04. The molecule has 0 spiro atoms. The van der Waals surface area contributed by atoms with Crippen LogP contribution in [0.15, 0.2) is 0 Å². The third-order valence-corrected chi connectivity index (χ3v) is 3.61. The molecule has 1 nitrogen and oxygen atoms in total. The Bertz CT molecular complexity index is 127. The number of nitrogens with one attached hydrogen (secondary N) is 1. The predicted molar refractivity (Wildman–Crippen MR) is 57.8 cm³/mol. The summed E-state index contributed by atoms with van der Waals surface area (Å²) in [6.07, 6.45) is 6.41. The summed E-state index contributed by atoms with van der Waals surface area (Å²) >= 11 is 1.93. The van der Waals surface area contributed by atoms with E-state index in [-0.39, 0.29) is 0 Å². The van der Waals surface area contributed by atoms with Crippen LogP contribution >= 0.6 is 11.8 Å². The van der Waals surface area contributed by atoms with E-state index in [0.29, 0.717) is 6.04 Å². The number of hydrogen-bond acceptors (Lipinski definition) is 2. The van der Waals surface area contributed by atoms with E-state index in [9.17, 15) is 0 Å². The first-order chi connectivity index (χ1) is 5.74. The smallest absolute Gasteiger partial charge is 0.0132 e. The fourth-order valence-electron chi connectivity index (χ4n) is 2.06. The minimum Gasteiger partial charge on any atom is -0.310 e. The molecular formula is C10H21NS. The van der Waals surface area contributed by atoms with Gasteiger partial charge in [-0.25, -0.2) is 0 Å². The van der Waals surface area contributed by atoms with Gasteiger partial charge in [-0.05, 0) is 31.9 Å². The molecule has 0 bridgehead atoms. The Morgan fingerprint density at radius 2 is 2.25 bits per heavy atom. The van der Waals surface area contributed by atoms with E-state index >= 15 is 0 Å². The molecule has 0 aromatic carbocycles. The first kappa shape index (κ1) is 10.4. The summed E-state index contributed by atoms with van der Waals surface area (Å²) in [5, 5.41) is 3.71. The maximum Gasteiger partial charge on any atom is 0.0132 e. The first-order valence-electron chi connectivity index (χ1n) is 4.99. The predicted octanol–water partition coefficient (Wildman–Crippen LogP) is 2.52. The molecule has 72 valence electrons. The van der Waals surface area contributed by atoms with E-state index < -0.39 is 0 Å². The lowest BCUT2D eigenvalue weighted by molar-refractivity contribution is 0.398. The summed E-state index contributed by atoms with van der Waals surface area (Å²) in [6.45, 7) is 4.66. The molecular weight excluding hydrogens is 166 g/mol. The van der Waals surface area contributed by atoms with Gasteiger partial charge in [-0.2, -0.15) is 11.8 Å². The van der Waals surface area contributed by atoms with Crippen molar-refractivity contribution in [1.82, 2.24) is 5.32 Å². The van der Waals surface area contributed by atoms with Gasteiger partial charge in [-0.1, -0.05) is 13.3 Å². The Labute approximate surface area is 80.7 Å². The lowest BCUT2D eigenvalue weighted by Gasteiger charge is -2.22. The standard InChI is InChI=1S/C10H21NS/c1-8-5-4-6-10(8)11-9(2)7-12-3/h8-11H,4-7H2,1-3H3. The van der Waals surface area contributed by atoms with E-state index in [1.807, 2.05) is 11.8 Å². The molecule has 0 saturated heterocycles. The molecule has 12 heavy (non-hydrogen) atoms. The normalized spacial score (nSPS) is 32.2. The van der Waals surface area contributed by atoms with Gasteiger partial charge in [0.25, 0.3) is 0 Å². The van der Waals surface area contributed by atoms with Gasteiger partial charge < -0.3 is 5.32 Å². The van der Waals surface area contributed by atoms with E-state index in [0.717, 1.165) is 12.0 Å². The van der Waals surface area contributed by atoms with Crippen LogP contribution in [0, 0.1) is 5.92 Å². The minimum atomic E-state index is 0.686. The summed E-state index contributed by atoms with van der Waals surface area (Å²) in [5.41, 5.74) is 0. The van der Waals surface area contributed by atoms with E-state index in [2.05, 4.69) is 25.4 Å². The maximum atomic E-state index is 3.71. The van der Waals surface area contributed by atoms with Crippen molar-refractivity contribution < 1.29 is 0 Å². The molecule has 1 fully saturated rings. The number of rotatable bonds is 4. The van der Waals surface area contributed by atoms with Gasteiger partial charge >= 0.3 is 0 Å². The van der Waals surface area contributed by atoms with Crippen LogP contribution in [-0.2, 0) is 0 Å². The maximum absolute atomic E-state index is 3.71. The average molecular weight is 187 g/mol. The van der Waals surface area contributed by atoms with Crippen LogP contribution in [0.2, 0.25) is 0 Å². The quantitative estimate of drug-likeness (QED) is 0.726. The molecule has 3 atom stereocenters. The summed E-state index contributed by atoms with van der Waals surface area (Å²) in [7, 11) is 0. The molecule has 0 heterocycles. The molecule has 3 unspecified atom stereocenters. The van der Waals surface area contributed by atoms with Crippen LogP contribution in [0.5, 0.6) is 0 Å². The van der Waals surface area contributed by atoms with Gasteiger partial charge in [0.2, 0.25) is 0 Å². The Morgan fingerprint density at radius 1 is 1.50 bits per heavy atom. The second-order valence-corrected chi connectivity index (χ2v) is 4.95. The van der Waals surface area contributed by atoms with Crippen molar-refractivity contribution in [3.63, 3.8) is 0 Å². The van der Waals surface area contributed by atoms with Crippen LogP contribution in [0.4, 0.5) is 0 Å². The van der Waals surface area contributed by atoms with Crippen molar-refractivity contribution in [1.29, 1.82) is 0 Å². The van der Waals surface area contributed by atoms with Gasteiger partial charge in [0.05, 0.1) is 0 Å². The molecule has 0 aromatic rings. The van der Waals surface area contributed by atoms with Gasteiger partial charge in [0, 0.05) is 17.8 Å². The van der Waals surface area contributed by atoms with Gasteiger partial charge in [0.15, 0.2) is 0 Å².